The van der Waals surface area contributed by atoms with Gasteiger partial charge >= 0.3 is 0 Å². The molecule has 0 saturated carbocycles. The summed E-state index contributed by atoms with van der Waals surface area (Å²) < 4.78 is 24.2. The maximum atomic E-state index is 12.1. The largest absolute Gasteiger partial charge is 0.322 e. The number of hydrogen-bond acceptors (Lipinski definition) is 4. The highest BCUT2D eigenvalue weighted by atomic mass is 35.5. The lowest BCUT2D eigenvalue weighted by molar-refractivity contribution is -0.113. The first-order chi connectivity index (χ1) is 10.3. The van der Waals surface area contributed by atoms with Crippen molar-refractivity contribution >= 4 is 33.0 Å². The number of H-pyrrole nitrogens is 1. The van der Waals surface area contributed by atoms with Crippen LogP contribution in [0.15, 0.2) is 24.3 Å². The number of carbonyl (C=O) groups excluding carboxylic acids is 1. The molecule has 0 atom stereocenters. The highest BCUT2D eigenvalue weighted by Crippen LogP contribution is 2.19. The zero-order valence-electron chi connectivity index (χ0n) is 12.2. The number of carbonyl (C=O) groups is 1. The maximum Gasteiger partial charge on any atom is 0.239 e. The van der Waals surface area contributed by atoms with Gasteiger partial charge in [-0.15, -0.1) is 0 Å². The first-order valence-electron chi connectivity index (χ1n) is 6.54. The minimum atomic E-state index is -3.61. The third-order valence-electron chi connectivity index (χ3n) is 3.08. The highest BCUT2D eigenvalue weighted by Gasteiger charge is 2.20. The summed E-state index contributed by atoms with van der Waals surface area (Å²) >= 11 is 5.95. The van der Waals surface area contributed by atoms with E-state index in [0.29, 0.717) is 27.7 Å². The Morgan fingerprint density at radius 3 is 2.59 bits per heavy atom. The van der Waals surface area contributed by atoms with Crippen molar-refractivity contribution in [2.75, 3.05) is 11.1 Å². The molecule has 2 aromatic rings. The number of sulfone groups is 1. The van der Waals surface area contributed by atoms with Crippen molar-refractivity contribution in [2.24, 2.45) is 0 Å². The fourth-order valence-corrected chi connectivity index (χ4v) is 3.59. The Hall–Kier alpha value is -1.86. The van der Waals surface area contributed by atoms with E-state index in [2.05, 4.69) is 15.5 Å². The van der Waals surface area contributed by atoms with Crippen LogP contribution < -0.4 is 5.32 Å². The smallest absolute Gasteiger partial charge is 0.239 e. The minimum absolute atomic E-state index is 0.274. The number of hydrogen-bond donors (Lipinski definition) is 2. The molecule has 0 spiro atoms. The molecule has 6 nitrogen and oxygen atoms in total. The van der Waals surface area contributed by atoms with Gasteiger partial charge in [-0.05, 0) is 25.5 Å². The molecule has 0 aliphatic heterocycles. The molecule has 1 heterocycles. The van der Waals surface area contributed by atoms with Crippen LogP contribution in [-0.4, -0.2) is 30.3 Å². The third kappa shape index (κ3) is 4.08. The van der Waals surface area contributed by atoms with E-state index in [4.69, 9.17) is 11.6 Å². The Morgan fingerprint density at radius 1 is 1.32 bits per heavy atom. The van der Waals surface area contributed by atoms with Crippen LogP contribution in [0.3, 0.4) is 0 Å². The van der Waals surface area contributed by atoms with Crippen LogP contribution >= 0.6 is 11.6 Å². The summed E-state index contributed by atoms with van der Waals surface area (Å²) in [5.41, 5.74) is 2.27. The van der Waals surface area contributed by atoms with E-state index in [9.17, 15) is 13.2 Å². The van der Waals surface area contributed by atoms with Crippen molar-refractivity contribution in [3.05, 3.63) is 46.2 Å². The molecule has 1 aromatic heterocycles. The molecule has 22 heavy (non-hydrogen) atoms. The zero-order valence-corrected chi connectivity index (χ0v) is 13.8. The summed E-state index contributed by atoms with van der Waals surface area (Å²) in [5.74, 6) is -1.48. The fraction of sp³-hybridized carbons (Fsp3) is 0.286. The standard InChI is InChI=1S/C14H16ClN3O3S/c1-9-14(10(2)18-17-9)16-13(19)8-22(20,21)7-11-5-3-4-6-12(11)15/h3-6H,7-8H2,1-2H3,(H,16,19)(H,17,18). The quantitative estimate of drug-likeness (QED) is 0.872. The van der Waals surface area contributed by atoms with E-state index in [1.807, 2.05) is 0 Å². The van der Waals surface area contributed by atoms with Gasteiger partial charge < -0.3 is 5.32 Å². The van der Waals surface area contributed by atoms with Crippen LogP contribution in [0.5, 0.6) is 0 Å². The molecule has 1 amide bonds. The van der Waals surface area contributed by atoms with E-state index < -0.39 is 21.5 Å². The molecule has 0 radical (unpaired) electrons. The monoisotopic (exact) mass is 341 g/mol. The lowest BCUT2D eigenvalue weighted by Gasteiger charge is -2.07. The maximum absolute atomic E-state index is 12.1. The van der Waals surface area contributed by atoms with Crippen LogP contribution in [0.4, 0.5) is 5.69 Å². The first-order valence-corrected chi connectivity index (χ1v) is 8.73. The average Bonchev–Trinajstić information content (AvgIpc) is 2.72. The Bertz CT molecular complexity index is 780. The molecule has 0 saturated heterocycles. The summed E-state index contributed by atoms with van der Waals surface area (Å²) in [5, 5.41) is 9.60. The van der Waals surface area contributed by atoms with Gasteiger partial charge in [0.15, 0.2) is 9.84 Å². The van der Waals surface area contributed by atoms with Gasteiger partial charge in [0.05, 0.1) is 22.8 Å². The molecule has 118 valence electrons. The van der Waals surface area contributed by atoms with E-state index in [1.54, 1.807) is 38.1 Å². The predicted octanol–water partition coefficient (Wildman–Crippen LogP) is 2.23. The number of nitrogens with zero attached hydrogens (tertiary/aromatic N) is 1. The van der Waals surface area contributed by atoms with Gasteiger partial charge in [-0.1, -0.05) is 29.8 Å². The Morgan fingerprint density at radius 2 is 2.00 bits per heavy atom. The van der Waals surface area contributed by atoms with Crippen LogP contribution in [0, 0.1) is 13.8 Å². The Labute approximate surface area is 133 Å². The van der Waals surface area contributed by atoms with Crippen LogP contribution in [-0.2, 0) is 20.4 Å². The predicted molar refractivity (Wildman–Crippen MR) is 85.6 cm³/mol. The number of amides is 1. The SMILES string of the molecule is Cc1n[nH]c(C)c1NC(=O)CS(=O)(=O)Cc1ccccc1Cl. The van der Waals surface area contributed by atoms with Gasteiger partial charge in [0.25, 0.3) is 0 Å². The summed E-state index contributed by atoms with van der Waals surface area (Å²) in [6.45, 7) is 3.46. The molecule has 2 N–H and O–H groups in total. The normalized spacial score (nSPS) is 11.4. The van der Waals surface area contributed by atoms with Crippen molar-refractivity contribution in [3.63, 3.8) is 0 Å². The number of nitrogens with one attached hydrogen (secondary N) is 2. The number of aryl methyl sites for hydroxylation is 2. The van der Waals surface area contributed by atoms with Gasteiger partial charge in [0, 0.05) is 5.02 Å². The molecular formula is C14H16ClN3O3S. The van der Waals surface area contributed by atoms with Crippen molar-refractivity contribution in [1.82, 2.24) is 10.2 Å². The lowest BCUT2D eigenvalue weighted by atomic mass is 10.2. The third-order valence-corrected chi connectivity index (χ3v) is 4.90. The van der Waals surface area contributed by atoms with Crippen molar-refractivity contribution in [3.8, 4) is 0 Å². The first kappa shape index (κ1) is 16.5. The second kappa shape index (κ2) is 6.50. The molecule has 0 bridgehead atoms. The molecule has 0 aliphatic rings. The number of rotatable bonds is 5. The Kier molecular flexibility index (Phi) is 4.87. The van der Waals surface area contributed by atoms with Crippen molar-refractivity contribution < 1.29 is 13.2 Å². The number of aromatic nitrogens is 2. The number of aromatic amines is 1. The summed E-state index contributed by atoms with van der Waals surface area (Å²) in [6, 6.07) is 6.66. The topological polar surface area (TPSA) is 91.9 Å². The van der Waals surface area contributed by atoms with Crippen LogP contribution in [0.2, 0.25) is 5.02 Å². The fourth-order valence-electron chi connectivity index (χ4n) is 2.01. The van der Waals surface area contributed by atoms with Crippen molar-refractivity contribution in [2.45, 2.75) is 19.6 Å². The van der Waals surface area contributed by atoms with Gasteiger partial charge in [-0.3, -0.25) is 9.89 Å². The molecule has 0 unspecified atom stereocenters. The van der Waals surface area contributed by atoms with E-state index in [-0.39, 0.29) is 5.75 Å². The van der Waals surface area contributed by atoms with Gasteiger partial charge in [0.2, 0.25) is 5.91 Å². The van der Waals surface area contributed by atoms with Gasteiger partial charge in [-0.25, -0.2) is 8.42 Å². The molecule has 1 aromatic carbocycles. The van der Waals surface area contributed by atoms with Gasteiger partial charge in [-0.2, -0.15) is 5.10 Å². The molecule has 2 rings (SSSR count). The number of anilines is 1. The lowest BCUT2D eigenvalue weighted by Crippen LogP contribution is -2.24. The van der Waals surface area contributed by atoms with E-state index in [0.717, 1.165) is 0 Å². The molecule has 0 fully saturated rings. The van der Waals surface area contributed by atoms with E-state index in [1.165, 1.54) is 0 Å². The zero-order chi connectivity index (χ0) is 16.3. The second-order valence-electron chi connectivity index (χ2n) is 4.98. The second-order valence-corrected chi connectivity index (χ2v) is 7.45. The van der Waals surface area contributed by atoms with Crippen LogP contribution in [0.25, 0.3) is 0 Å². The highest BCUT2D eigenvalue weighted by molar-refractivity contribution is 7.91. The Balaban J connectivity index is 2.06. The summed E-state index contributed by atoms with van der Waals surface area (Å²) in [6.07, 6.45) is 0. The number of halogens is 1. The number of benzene rings is 1. The van der Waals surface area contributed by atoms with Gasteiger partial charge in [0.1, 0.15) is 5.75 Å². The van der Waals surface area contributed by atoms with E-state index >= 15 is 0 Å². The van der Waals surface area contributed by atoms with Crippen LogP contribution in [0.1, 0.15) is 17.0 Å². The summed E-state index contributed by atoms with van der Waals surface area (Å²) in [4.78, 5) is 11.9. The molecule has 8 heteroatoms. The van der Waals surface area contributed by atoms with Crippen molar-refractivity contribution in [1.29, 1.82) is 0 Å². The molecular weight excluding hydrogens is 326 g/mol. The molecule has 0 aliphatic carbocycles. The minimum Gasteiger partial charge on any atom is -0.322 e. The summed E-state index contributed by atoms with van der Waals surface area (Å²) in [7, 11) is -3.61. The average molecular weight is 342 g/mol.